The van der Waals surface area contributed by atoms with E-state index in [4.69, 9.17) is 4.74 Å². The van der Waals surface area contributed by atoms with Gasteiger partial charge in [0.2, 0.25) is 10.0 Å². The predicted octanol–water partition coefficient (Wildman–Crippen LogP) is 4.03. The average Bonchev–Trinajstić information content (AvgIpc) is 3.15. The number of thiophene rings is 1. The molecule has 1 unspecified atom stereocenters. The number of nitrogens with zero attached hydrogens (tertiary/aromatic N) is 1. The van der Waals surface area contributed by atoms with E-state index in [1.165, 1.54) is 7.11 Å². The van der Waals surface area contributed by atoms with Crippen molar-refractivity contribution < 1.29 is 13.2 Å². The molecule has 0 aliphatic heterocycles. The van der Waals surface area contributed by atoms with Crippen LogP contribution in [0, 0.1) is 13.8 Å². The molecular weight excluding hydrogens is 380 g/mol. The fourth-order valence-corrected chi connectivity index (χ4v) is 4.93. The number of rotatable bonds is 7. The van der Waals surface area contributed by atoms with Gasteiger partial charge < -0.3 is 4.74 Å². The summed E-state index contributed by atoms with van der Waals surface area (Å²) < 4.78 is 34.3. The monoisotopic (exact) mass is 402 g/mol. The van der Waals surface area contributed by atoms with E-state index in [9.17, 15) is 8.42 Å². The van der Waals surface area contributed by atoms with Crippen LogP contribution in [0.3, 0.4) is 0 Å². The van der Waals surface area contributed by atoms with Crippen molar-refractivity contribution in [2.45, 2.75) is 31.2 Å². The lowest BCUT2D eigenvalue weighted by molar-refractivity contribution is 0.401. The molecule has 0 radical (unpaired) electrons. The summed E-state index contributed by atoms with van der Waals surface area (Å²) in [6.45, 7) is 3.80. The summed E-state index contributed by atoms with van der Waals surface area (Å²) in [6, 6.07) is 10.4. The van der Waals surface area contributed by atoms with E-state index in [1.54, 1.807) is 29.7 Å². The van der Waals surface area contributed by atoms with Crippen molar-refractivity contribution in [3.8, 4) is 5.75 Å². The molecule has 142 valence electrons. The van der Waals surface area contributed by atoms with Crippen LogP contribution in [0.25, 0.3) is 0 Å². The Bertz CT molecular complexity index is 998. The van der Waals surface area contributed by atoms with Gasteiger partial charge in [-0.15, -0.1) is 0 Å². The zero-order valence-corrected chi connectivity index (χ0v) is 17.1. The van der Waals surface area contributed by atoms with Gasteiger partial charge in [0.1, 0.15) is 10.6 Å². The Labute approximate surface area is 164 Å². The Kier molecular flexibility index (Phi) is 5.94. The molecule has 7 heteroatoms. The highest BCUT2D eigenvalue weighted by Crippen LogP contribution is 2.27. The molecule has 0 aliphatic rings. The second kappa shape index (κ2) is 8.21. The fraction of sp³-hybridized carbons (Fsp3) is 0.250. The third-order valence-electron chi connectivity index (χ3n) is 4.22. The molecule has 3 aromatic rings. The van der Waals surface area contributed by atoms with Crippen LogP contribution >= 0.6 is 11.3 Å². The van der Waals surface area contributed by atoms with Gasteiger partial charge in [0, 0.05) is 6.20 Å². The van der Waals surface area contributed by atoms with E-state index in [-0.39, 0.29) is 4.90 Å². The molecule has 0 spiro atoms. The first-order chi connectivity index (χ1) is 12.9. The first kappa shape index (κ1) is 19.5. The lowest BCUT2D eigenvalue weighted by Crippen LogP contribution is -2.31. The minimum Gasteiger partial charge on any atom is -0.495 e. The summed E-state index contributed by atoms with van der Waals surface area (Å²) in [5, 5.41) is 4.00. The molecule has 1 atom stereocenters. The second-order valence-corrected chi connectivity index (χ2v) is 8.89. The number of sulfonamides is 1. The number of methoxy groups -OCH3 is 1. The summed E-state index contributed by atoms with van der Waals surface area (Å²) in [4.78, 5) is 4.57. The lowest BCUT2D eigenvalue weighted by atomic mass is 10.1. The largest absolute Gasteiger partial charge is 0.495 e. The van der Waals surface area contributed by atoms with Gasteiger partial charge in [0.15, 0.2) is 0 Å². The van der Waals surface area contributed by atoms with E-state index in [0.29, 0.717) is 17.9 Å². The van der Waals surface area contributed by atoms with Gasteiger partial charge in [-0.2, -0.15) is 11.3 Å². The van der Waals surface area contributed by atoms with E-state index >= 15 is 0 Å². The topological polar surface area (TPSA) is 68.3 Å². The number of benzene rings is 1. The van der Waals surface area contributed by atoms with E-state index in [0.717, 1.165) is 16.7 Å². The van der Waals surface area contributed by atoms with Gasteiger partial charge in [0.25, 0.3) is 0 Å². The molecule has 2 heterocycles. The smallest absolute Gasteiger partial charge is 0.244 e. The van der Waals surface area contributed by atoms with Crippen molar-refractivity contribution in [2.75, 3.05) is 7.11 Å². The SMILES string of the molecule is COc1ccc(C)cc1S(=O)(=O)NC(Cc1ccsc1)c1ccc(C)cn1. The molecule has 0 fully saturated rings. The van der Waals surface area contributed by atoms with Crippen molar-refractivity contribution in [1.29, 1.82) is 0 Å². The maximum Gasteiger partial charge on any atom is 0.244 e. The highest BCUT2D eigenvalue weighted by atomic mass is 32.2. The van der Waals surface area contributed by atoms with Crippen LogP contribution in [0.1, 0.15) is 28.4 Å². The summed E-state index contributed by atoms with van der Waals surface area (Å²) >= 11 is 1.58. The number of hydrogen-bond acceptors (Lipinski definition) is 5. The van der Waals surface area contributed by atoms with Crippen LogP contribution in [-0.4, -0.2) is 20.5 Å². The van der Waals surface area contributed by atoms with Crippen LogP contribution < -0.4 is 9.46 Å². The molecular formula is C20H22N2O3S2. The van der Waals surface area contributed by atoms with Crippen LogP contribution in [0.2, 0.25) is 0 Å². The van der Waals surface area contributed by atoms with Crippen LogP contribution in [0.5, 0.6) is 5.75 Å². The fourth-order valence-electron chi connectivity index (χ4n) is 2.78. The summed E-state index contributed by atoms with van der Waals surface area (Å²) in [7, 11) is -2.33. The van der Waals surface area contributed by atoms with Crippen molar-refractivity contribution in [2.24, 2.45) is 0 Å². The first-order valence-electron chi connectivity index (χ1n) is 8.49. The van der Waals surface area contributed by atoms with Crippen molar-refractivity contribution in [1.82, 2.24) is 9.71 Å². The third kappa shape index (κ3) is 4.74. The van der Waals surface area contributed by atoms with E-state index in [1.807, 2.05) is 48.9 Å². The molecule has 0 saturated carbocycles. The Morgan fingerprint density at radius 1 is 1.15 bits per heavy atom. The average molecular weight is 403 g/mol. The van der Waals surface area contributed by atoms with Gasteiger partial charge >= 0.3 is 0 Å². The highest BCUT2D eigenvalue weighted by Gasteiger charge is 2.26. The number of hydrogen-bond donors (Lipinski definition) is 1. The molecule has 0 bridgehead atoms. The molecule has 2 aromatic heterocycles. The quantitative estimate of drug-likeness (QED) is 0.648. The molecule has 27 heavy (non-hydrogen) atoms. The van der Waals surface area contributed by atoms with Gasteiger partial charge in [-0.3, -0.25) is 4.98 Å². The minimum absolute atomic E-state index is 0.132. The number of ether oxygens (including phenoxy) is 1. The first-order valence-corrected chi connectivity index (χ1v) is 10.9. The molecule has 0 saturated heterocycles. The number of nitrogens with one attached hydrogen (secondary N) is 1. The van der Waals surface area contributed by atoms with Gasteiger partial charge in [-0.25, -0.2) is 13.1 Å². The Hall–Kier alpha value is -2.22. The zero-order valence-electron chi connectivity index (χ0n) is 15.5. The van der Waals surface area contributed by atoms with E-state index in [2.05, 4.69) is 9.71 Å². The predicted molar refractivity (Wildman–Crippen MR) is 108 cm³/mol. The Balaban J connectivity index is 1.97. The number of aromatic nitrogens is 1. The van der Waals surface area contributed by atoms with Crippen molar-refractivity contribution in [3.63, 3.8) is 0 Å². The Morgan fingerprint density at radius 2 is 1.93 bits per heavy atom. The normalized spacial score (nSPS) is 12.7. The van der Waals surface area contributed by atoms with Crippen LogP contribution in [0.4, 0.5) is 0 Å². The Morgan fingerprint density at radius 3 is 2.56 bits per heavy atom. The third-order valence-corrected chi connectivity index (χ3v) is 6.44. The minimum atomic E-state index is -3.80. The zero-order chi connectivity index (χ0) is 19.4. The molecule has 1 N–H and O–H groups in total. The summed E-state index contributed by atoms with van der Waals surface area (Å²) in [5.74, 6) is 0.319. The van der Waals surface area contributed by atoms with Crippen molar-refractivity contribution in [3.05, 3.63) is 75.7 Å². The van der Waals surface area contributed by atoms with Gasteiger partial charge in [-0.05, 0) is 72.0 Å². The molecule has 5 nitrogen and oxygen atoms in total. The van der Waals surface area contributed by atoms with Gasteiger partial charge in [0.05, 0.1) is 18.8 Å². The molecule has 0 aliphatic carbocycles. The lowest BCUT2D eigenvalue weighted by Gasteiger charge is -2.19. The number of aryl methyl sites for hydroxylation is 2. The molecule has 3 rings (SSSR count). The molecule has 1 aromatic carbocycles. The van der Waals surface area contributed by atoms with Crippen molar-refractivity contribution >= 4 is 21.4 Å². The maximum absolute atomic E-state index is 13.1. The standard InChI is InChI=1S/C20H22N2O3S2/c1-14-5-7-19(25-3)20(10-14)27(23,24)22-18(11-16-8-9-26-13-16)17-6-4-15(2)12-21-17/h4-10,12-13,18,22H,11H2,1-3H3. The van der Waals surface area contributed by atoms with Gasteiger partial charge in [-0.1, -0.05) is 12.1 Å². The summed E-state index contributed by atoms with van der Waals surface area (Å²) in [6.07, 6.45) is 2.27. The maximum atomic E-state index is 13.1. The van der Waals surface area contributed by atoms with Crippen LogP contribution in [-0.2, 0) is 16.4 Å². The highest BCUT2D eigenvalue weighted by molar-refractivity contribution is 7.89. The number of pyridine rings is 1. The second-order valence-electron chi connectivity index (χ2n) is 6.42. The summed E-state index contributed by atoms with van der Waals surface area (Å²) in [5.41, 5.74) is 3.61. The van der Waals surface area contributed by atoms with Crippen LogP contribution in [0.15, 0.2) is 58.3 Å². The molecule has 0 amide bonds. The van der Waals surface area contributed by atoms with E-state index < -0.39 is 16.1 Å².